The zero-order valence-electron chi connectivity index (χ0n) is 13.4. The van der Waals surface area contributed by atoms with E-state index in [1.54, 1.807) is 31.4 Å². The molecule has 1 aromatic carbocycles. The average molecular weight is 308 g/mol. The maximum atomic E-state index is 12.2. The molecule has 6 heteroatoms. The number of amidine groups is 1. The van der Waals surface area contributed by atoms with Gasteiger partial charge in [0.2, 0.25) is 0 Å². The molecular weight excluding hydrogens is 284 g/mol. The lowest BCUT2D eigenvalue weighted by Crippen LogP contribution is -2.33. The van der Waals surface area contributed by atoms with Gasteiger partial charge in [0, 0.05) is 18.7 Å². The van der Waals surface area contributed by atoms with Crippen LogP contribution in [-0.4, -0.2) is 45.4 Å². The van der Waals surface area contributed by atoms with Crippen molar-refractivity contribution in [3.8, 4) is 5.75 Å². The number of carbonyl (C=O) groups is 1. The van der Waals surface area contributed by atoms with E-state index in [4.69, 9.17) is 14.2 Å². The van der Waals surface area contributed by atoms with E-state index in [1.807, 2.05) is 13.8 Å². The molecule has 0 aromatic heterocycles. The zero-order valence-corrected chi connectivity index (χ0v) is 13.4. The van der Waals surface area contributed by atoms with Gasteiger partial charge >= 0.3 is 0 Å². The lowest BCUT2D eigenvalue weighted by atomic mass is 10.2. The average Bonchev–Trinajstić information content (AvgIpc) is 2.56. The fourth-order valence-corrected chi connectivity index (χ4v) is 1.59. The molecule has 1 amide bonds. The summed E-state index contributed by atoms with van der Waals surface area (Å²) in [6.45, 7) is 5.94. The van der Waals surface area contributed by atoms with Gasteiger partial charge in [-0.05, 0) is 37.6 Å². The van der Waals surface area contributed by atoms with Gasteiger partial charge in [-0.3, -0.25) is 10.1 Å². The van der Waals surface area contributed by atoms with E-state index in [0.29, 0.717) is 37.7 Å². The van der Waals surface area contributed by atoms with Crippen molar-refractivity contribution in [2.24, 2.45) is 4.99 Å². The molecule has 0 aliphatic rings. The molecule has 0 aliphatic carbocycles. The molecule has 0 heterocycles. The normalized spacial score (nSPS) is 11.1. The first-order chi connectivity index (χ1) is 10.7. The number of hydrogen-bond acceptors (Lipinski definition) is 5. The van der Waals surface area contributed by atoms with Crippen molar-refractivity contribution >= 4 is 11.9 Å². The highest BCUT2D eigenvalue weighted by Crippen LogP contribution is 2.11. The second-order valence-corrected chi connectivity index (χ2v) is 4.41. The van der Waals surface area contributed by atoms with E-state index in [0.717, 1.165) is 6.42 Å². The summed E-state index contributed by atoms with van der Waals surface area (Å²) in [6.07, 6.45) is 0.872. The maximum absolute atomic E-state index is 12.2. The summed E-state index contributed by atoms with van der Waals surface area (Å²) in [4.78, 5) is 16.4. The summed E-state index contributed by atoms with van der Waals surface area (Å²) in [7, 11) is 1.58. The van der Waals surface area contributed by atoms with Crippen molar-refractivity contribution in [3.05, 3.63) is 29.8 Å². The third-order valence-electron chi connectivity index (χ3n) is 2.72. The van der Waals surface area contributed by atoms with Gasteiger partial charge in [0.05, 0.1) is 13.7 Å². The van der Waals surface area contributed by atoms with E-state index in [-0.39, 0.29) is 11.9 Å². The van der Waals surface area contributed by atoms with Crippen LogP contribution in [0.5, 0.6) is 5.75 Å². The SMILES string of the molecule is CCCN=C(NC(=O)c1ccc(OC)cc1)OCCOCC. The molecule has 0 atom stereocenters. The largest absolute Gasteiger partial charge is 0.497 e. The van der Waals surface area contributed by atoms with Crippen LogP contribution in [0.3, 0.4) is 0 Å². The number of nitrogens with zero attached hydrogens (tertiary/aromatic N) is 1. The highest BCUT2D eigenvalue weighted by Gasteiger charge is 2.10. The predicted molar refractivity (Wildman–Crippen MR) is 85.5 cm³/mol. The molecule has 0 saturated heterocycles. The highest BCUT2D eigenvalue weighted by molar-refractivity contribution is 6.04. The molecule has 0 saturated carbocycles. The number of nitrogens with one attached hydrogen (secondary N) is 1. The van der Waals surface area contributed by atoms with Crippen LogP contribution in [0, 0.1) is 0 Å². The minimum Gasteiger partial charge on any atom is -0.497 e. The van der Waals surface area contributed by atoms with E-state index in [9.17, 15) is 4.79 Å². The number of ether oxygens (including phenoxy) is 3. The quantitative estimate of drug-likeness (QED) is 0.454. The number of rotatable bonds is 8. The molecule has 0 spiro atoms. The number of carbonyl (C=O) groups excluding carboxylic acids is 1. The van der Waals surface area contributed by atoms with Gasteiger partial charge in [0.25, 0.3) is 11.9 Å². The summed E-state index contributed by atoms with van der Waals surface area (Å²) >= 11 is 0. The Morgan fingerprint density at radius 2 is 1.91 bits per heavy atom. The van der Waals surface area contributed by atoms with Crippen LogP contribution >= 0.6 is 0 Å². The second-order valence-electron chi connectivity index (χ2n) is 4.41. The fraction of sp³-hybridized carbons (Fsp3) is 0.500. The van der Waals surface area contributed by atoms with E-state index in [2.05, 4.69) is 10.3 Å². The van der Waals surface area contributed by atoms with Crippen molar-refractivity contribution < 1.29 is 19.0 Å². The predicted octanol–water partition coefficient (Wildman–Crippen LogP) is 2.24. The third kappa shape index (κ3) is 6.58. The van der Waals surface area contributed by atoms with Gasteiger partial charge in [0.1, 0.15) is 12.4 Å². The van der Waals surface area contributed by atoms with Gasteiger partial charge in [-0.15, -0.1) is 0 Å². The van der Waals surface area contributed by atoms with Crippen LogP contribution in [0.1, 0.15) is 30.6 Å². The van der Waals surface area contributed by atoms with Gasteiger partial charge in [0.15, 0.2) is 0 Å². The first-order valence-electron chi connectivity index (χ1n) is 7.41. The molecule has 0 unspecified atom stereocenters. The van der Waals surface area contributed by atoms with Crippen LogP contribution in [0.2, 0.25) is 0 Å². The minimum atomic E-state index is -0.270. The van der Waals surface area contributed by atoms with Crippen molar-refractivity contribution in [3.63, 3.8) is 0 Å². The first-order valence-corrected chi connectivity index (χ1v) is 7.41. The van der Waals surface area contributed by atoms with Gasteiger partial charge < -0.3 is 14.2 Å². The van der Waals surface area contributed by atoms with Crippen molar-refractivity contribution in [2.75, 3.05) is 33.5 Å². The van der Waals surface area contributed by atoms with Gasteiger partial charge in [-0.1, -0.05) is 6.92 Å². The lowest BCUT2D eigenvalue weighted by Gasteiger charge is -2.11. The fourth-order valence-electron chi connectivity index (χ4n) is 1.59. The molecule has 22 heavy (non-hydrogen) atoms. The maximum Gasteiger partial charge on any atom is 0.291 e. The van der Waals surface area contributed by atoms with E-state index >= 15 is 0 Å². The number of hydrogen-bond donors (Lipinski definition) is 1. The van der Waals surface area contributed by atoms with E-state index in [1.165, 1.54) is 0 Å². The number of aliphatic imine (C=N–C) groups is 1. The molecule has 1 aromatic rings. The van der Waals surface area contributed by atoms with Crippen LogP contribution < -0.4 is 10.1 Å². The molecule has 0 aliphatic heterocycles. The molecule has 0 bridgehead atoms. The Morgan fingerprint density at radius 1 is 1.18 bits per heavy atom. The van der Waals surface area contributed by atoms with Crippen LogP contribution in [0.25, 0.3) is 0 Å². The Balaban J connectivity index is 2.60. The second kappa shape index (κ2) is 10.6. The molecule has 1 rings (SSSR count). The molecule has 0 radical (unpaired) electrons. The van der Waals surface area contributed by atoms with E-state index < -0.39 is 0 Å². The third-order valence-corrected chi connectivity index (χ3v) is 2.72. The first kappa shape index (κ1) is 18.0. The Hall–Kier alpha value is -2.08. The summed E-state index contributed by atoms with van der Waals surface area (Å²) in [5, 5.41) is 2.67. The summed E-state index contributed by atoms with van der Waals surface area (Å²) in [5.74, 6) is 0.429. The van der Waals surface area contributed by atoms with Crippen LogP contribution in [0.15, 0.2) is 29.3 Å². The summed E-state index contributed by atoms with van der Waals surface area (Å²) in [5.41, 5.74) is 0.512. The Kier molecular flexibility index (Phi) is 8.67. The van der Waals surface area contributed by atoms with Crippen molar-refractivity contribution in [1.82, 2.24) is 5.32 Å². The number of methoxy groups -OCH3 is 1. The monoisotopic (exact) mass is 308 g/mol. The minimum absolute atomic E-state index is 0.224. The summed E-state index contributed by atoms with van der Waals surface area (Å²) in [6, 6.07) is 7.06. The summed E-state index contributed by atoms with van der Waals surface area (Å²) < 4.78 is 15.7. The lowest BCUT2D eigenvalue weighted by molar-refractivity contribution is 0.0922. The topological polar surface area (TPSA) is 69.2 Å². The van der Waals surface area contributed by atoms with Crippen LogP contribution in [0.4, 0.5) is 0 Å². The molecule has 6 nitrogen and oxygen atoms in total. The highest BCUT2D eigenvalue weighted by atomic mass is 16.5. The van der Waals surface area contributed by atoms with Crippen molar-refractivity contribution in [1.29, 1.82) is 0 Å². The Labute approximate surface area is 131 Å². The Bertz CT molecular complexity index is 472. The van der Waals surface area contributed by atoms with Crippen LogP contribution in [-0.2, 0) is 9.47 Å². The molecule has 122 valence electrons. The zero-order chi connectivity index (χ0) is 16.2. The molecule has 0 fully saturated rings. The van der Waals surface area contributed by atoms with Gasteiger partial charge in [-0.2, -0.15) is 0 Å². The Morgan fingerprint density at radius 3 is 2.50 bits per heavy atom. The van der Waals surface area contributed by atoms with Gasteiger partial charge in [-0.25, -0.2) is 4.99 Å². The smallest absolute Gasteiger partial charge is 0.291 e. The molecular formula is C16H24N2O4. The molecule has 1 N–H and O–H groups in total. The van der Waals surface area contributed by atoms with Crippen molar-refractivity contribution in [2.45, 2.75) is 20.3 Å². The number of amides is 1. The number of benzene rings is 1. The standard InChI is InChI=1S/C16H24N2O4/c1-4-10-17-16(22-12-11-21-5-2)18-15(19)13-6-8-14(20-3)9-7-13/h6-9H,4-5,10-12H2,1-3H3,(H,17,18,19).